The van der Waals surface area contributed by atoms with Crippen LogP contribution in [0.15, 0.2) is 77.9 Å². The van der Waals surface area contributed by atoms with E-state index in [1.54, 1.807) is 24.3 Å². The van der Waals surface area contributed by atoms with Crippen LogP contribution in [-0.4, -0.2) is 30.1 Å². The number of benzene rings is 3. The average molecular weight is 448 g/mol. The number of ether oxygens (including phenoxy) is 2. The third kappa shape index (κ3) is 6.62. The Bertz CT molecular complexity index is 1160. The Kier molecular flexibility index (Phi) is 7.68. The van der Waals surface area contributed by atoms with E-state index in [1.807, 2.05) is 30.3 Å². The number of hydrazone groups is 1. The van der Waals surface area contributed by atoms with Crippen molar-refractivity contribution < 1.29 is 24.0 Å². The van der Waals surface area contributed by atoms with Gasteiger partial charge in [0.2, 0.25) is 0 Å². The van der Waals surface area contributed by atoms with Gasteiger partial charge in [0.25, 0.3) is 0 Å². The zero-order chi connectivity index (χ0) is 23.6. The maximum absolute atomic E-state index is 12.0. The lowest BCUT2D eigenvalue weighted by Crippen LogP contribution is -2.32. The van der Waals surface area contributed by atoms with Crippen LogP contribution in [0.2, 0.25) is 0 Å². The zero-order valence-electron chi connectivity index (χ0n) is 17.6. The molecule has 3 aromatic carbocycles. The third-order valence-corrected chi connectivity index (χ3v) is 4.35. The number of amides is 2. The smallest absolute Gasteiger partial charge is 0.329 e. The van der Waals surface area contributed by atoms with Crippen molar-refractivity contribution in [3.63, 3.8) is 0 Å². The van der Waals surface area contributed by atoms with Crippen LogP contribution >= 0.6 is 0 Å². The molecule has 0 heterocycles. The first-order valence-electron chi connectivity index (χ1n) is 9.70. The minimum atomic E-state index is -1.00. The summed E-state index contributed by atoms with van der Waals surface area (Å²) < 4.78 is 10.6. The second-order valence-electron chi connectivity index (χ2n) is 6.64. The van der Waals surface area contributed by atoms with Crippen LogP contribution in [-0.2, 0) is 16.2 Å². The number of anilines is 1. The van der Waals surface area contributed by atoms with Crippen molar-refractivity contribution in [1.29, 1.82) is 0 Å². The summed E-state index contributed by atoms with van der Waals surface area (Å²) in [6.45, 7) is 0.407. The fraction of sp³-hybridized carbons (Fsp3) is 0.0870. The van der Waals surface area contributed by atoms with E-state index in [4.69, 9.17) is 9.47 Å². The molecule has 0 saturated heterocycles. The van der Waals surface area contributed by atoms with Gasteiger partial charge in [-0.1, -0.05) is 30.3 Å². The zero-order valence-corrected chi connectivity index (χ0v) is 17.6. The summed E-state index contributed by atoms with van der Waals surface area (Å²) in [6, 6.07) is 20.4. The van der Waals surface area contributed by atoms with Crippen molar-refractivity contribution >= 4 is 29.4 Å². The fourth-order valence-electron chi connectivity index (χ4n) is 2.71. The second-order valence-corrected chi connectivity index (χ2v) is 6.64. The molecule has 0 aliphatic carbocycles. The molecule has 0 fully saturated rings. The second kappa shape index (κ2) is 11.0. The number of methoxy groups -OCH3 is 1. The van der Waals surface area contributed by atoms with Gasteiger partial charge < -0.3 is 14.8 Å². The number of nitro groups is 1. The normalized spacial score (nSPS) is 10.5. The first kappa shape index (κ1) is 22.9. The Morgan fingerprint density at radius 1 is 1.03 bits per heavy atom. The summed E-state index contributed by atoms with van der Waals surface area (Å²) >= 11 is 0. The van der Waals surface area contributed by atoms with E-state index >= 15 is 0 Å². The summed E-state index contributed by atoms with van der Waals surface area (Å²) in [7, 11) is 1.32. The molecular formula is C23H20N4O6. The topological polar surface area (TPSA) is 132 Å². The van der Waals surface area contributed by atoms with Crippen molar-refractivity contribution in [1.82, 2.24) is 5.43 Å². The molecule has 0 unspecified atom stereocenters. The Labute approximate surface area is 189 Å². The molecule has 168 valence electrons. The Morgan fingerprint density at radius 2 is 1.76 bits per heavy atom. The summed E-state index contributed by atoms with van der Waals surface area (Å²) in [5.41, 5.74) is 3.59. The molecule has 0 radical (unpaired) electrons. The predicted octanol–water partition coefficient (Wildman–Crippen LogP) is 3.27. The van der Waals surface area contributed by atoms with Gasteiger partial charge in [-0.25, -0.2) is 5.43 Å². The standard InChI is InChI=1S/C23H20N4O6/c1-32-21-12-7-17(13-20(21)27(30)31)14-24-26-23(29)22(28)25-18-8-10-19(11-9-18)33-15-16-5-3-2-4-6-16/h2-14H,15H2,1H3,(H,25,28)(H,26,29)/b24-14+. The van der Waals surface area contributed by atoms with Gasteiger partial charge in [-0.3, -0.25) is 19.7 Å². The molecule has 0 bridgehead atoms. The SMILES string of the molecule is COc1ccc(/C=N/NC(=O)C(=O)Nc2ccc(OCc3ccccc3)cc2)cc1[N+](=O)[O-]. The van der Waals surface area contributed by atoms with Crippen molar-refractivity contribution in [2.75, 3.05) is 12.4 Å². The highest BCUT2D eigenvalue weighted by molar-refractivity contribution is 6.39. The molecule has 3 rings (SSSR count). The fourth-order valence-corrected chi connectivity index (χ4v) is 2.71. The van der Waals surface area contributed by atoms with E-state index in [9.17, 15) is 19.7 Å². The minimum Gasteiger partial charge on any atom is -0.490 e. The van der Waals surface area contributed by atoms with Gasteiger partial charge in [-0.05, 0) is 42.0 Å². The molecule has 10 heteroatoms. The number of nitrogens with one attached hydrogen (secondary N) is 2. The van der Waals surface area contributed by atoms with Gasteiger partial charge in [0, 0.05) is 17.3 Å². The van der Waals surface area contributed by atoms with Crippen LogP contribution in [0.3, 0.4) is 0 Å². The van der Waals surface area contributed by atoms with Crippen molar-refractivity contribution in [2.24, 2.45) is 5.10 Å². The summed E-state index contributed by atoms with van der Waals surface area (Å²) in [5.74, 6) is -1.22. The first-order chi connectivity index (χ1) is 16.0. The number of carbonyl (C=O) groups excluding carboxylic acids is 2. The van der Waals surface area contributed by atoms with Crippen LogP contribution in [0.1, 0.15) is 11.1 Å². The molecule has 0 spiro atoms. The molecule has 2 amide bonds. The maximum Gasteiger partial charge on any atom is 0.329 e. The predicted molar refractivity (Wildman–Crippen MR) is 121 cm³/mol. The first-order valence-corrected chi connectivity index (χ1v) is 9.70. The lowest BCUT2D eigenvalue weighted by Gasteiger charge is -2.08. The van der Waals surface area contributed by atoms with Crippen LogP contribution < -0.4 is 20.2 Å². The van der Waals surface area contributed by atoms with Gasteiger partial charge in [0.15, 0.2) is 5.75 Å². The molecular weight excluding hydrogens is 428 g/mol. The highest BCUT2D eigenvalue weighted by atomic mass is 16.6. The van der Waals surface area contributed by atoms with E-state index in [0.717, 1.165) is 5.56 Å². The van der Waals surface area contributed by atoms with Gasteiger partial charge in [-0.15, -0.1) is 0 Å². The Morgan fingerprint density at radius 3 is 2.42 bits per heavy atom. The van der Waals surface area contributed by atoms with E-state index < -0.39 is 16.7 Å². The van der Waals surface area contributed by atoms with Crippen molar-refractivity contribution in [2.45, 2.75) is 6.61 Å². The molecule has 3 aromatic rings. The van der Waals surface area contributed by atoms with Gasteiger partial charge in [0.1, 0.15) is 12.4 Å². The molecule has 10 nitrogen and oxygen atoms in total. The van der Waals surface area contributed by atoms with Crippen LogP contribution in [0.25, 0.3) is 0 Å². The van der Waals surface area contributed by atoms with Gasteiger partial charge in [0.05, 0.1) is 18.2 Å². The Hall–Kier alpha value is -4.73. The summed E-state index contributed by atoms with van der Waals surface area (Å²) in [6.07, 6.45) is 1.18. The van der Waals surface area contributed by atoms with E-state index in [1.165, 1.54) is 31.5 Å². The van der Waals surface area contributed by atoms with Crippen molar-refractivity contribution in [3.8, 4) is 11.5 Å². The lowest BCUT2D eigenvalue weighted by atomic mass is 10.2. The Balaban J connectivity index is 1.50. The number of nitrogens with zero attached hydrogens (tertiary/aromatic N) is 2. The number of carbonyl (C=O) groups is 2. The largest absolute Gasteiger partial charge is 0.490 e. The average Bonchev–Trinajstić information content (AvgIpc) is 2.84. The molecule has 0 atom stereocenters. The molecule has 0 aliphatic heterocycles. The quantitative estimate of drug-likeness (QED) is 0.235. The van der Waals surface area contributed by atoms with Gasteiger partial charge in [-0.2, -0.15) is 5.10 Å². The van der Waals surface area contributed by atoms with Crippen molar-refractivity contribution in [3.05, 3.63) is 94.0 Å². The molecule has 0 aromatic heterocycles. The highest BCUT2D eigenvalue weighted by Gasteiger charge is 2.15. The van der Waals surface area contributed by atoms with Crippen LogP contribution in [0.4, 0.5) is 11.4 Å². The van der Waals surface area contributed by atoms with E-state index in [0.29, 0.717) is 23.6 Å². The minimum absolute atomic E-state index is 0.0945. The number of rotatable bonds is 8. The summed E-state index contributed by atoms with van der Waals surface area (Å²) in [4.78, 5) is 34.4. The number of hydrogen-bond donors (Lipinski definition) is 2. The van der Waals surface area contributed by atoms with Crippen LogP contribution in [0, 0.1) is 10.1 Å². The number of nitro benzene ring substituents is 1. The lowest BCUT2D eigenvalue weighted by molar-refractivity contribution is -0.385. The van der Waals surface area contributed by atoms with Crippen LogP contribution in [0.5, 0.6) is 11.5 Å². The molecule has 33 heavy (non-hydrogen) atoms. The maximum atomic E-state index is 12.0. The van der Waals surface area contributed by atoms with E-state index in [-0.39, 0.29) is 11.4 Å². The molecule has 0 saturated carbocycles. The number of hydrogen-bond acceptors (Lipinski definition) is 7. The molecule has 0 aliphatic rings. The third-order valence-electron chi connectivity index (χ3n) is 4.35. The van der Waals surface area contributed by atoms with Gasteiger partial charge >= 0.3 is 17.5 Å². The highest BCUT2D eigenvalue weighted by Crippen LogP contribution is 2.26. The molecule has 2 N–H and O–H groups in total. The monoisotopic (exact) mass is 448 g/mol. The summed E-state index contributed by atoms with van der Waals surface area (Å²) in [5, 5.41) is 17.2. The van der Waals surface area contributed by atoms with E-state index in [2.05, 4.69) is 15.8 Å².